The van der Waals surface area contributed by atoms with Crippen molar-refractivity contribution in [2.45, 2.75) is 18.0 Å². The lowest BCUT2D eigenvalue weighted by Crippen LogP contribution is -2.31. The van der Waals surface area contributed by atoms with Gasteiger partial charge in [0.2, 0.25) is 15.0 Å². The number of nitrogens with one attached hydrogen (secondary N) is 1. The Labute approximate surface area is 118 Å². The first kappa shape index (κ1) is 15.6. The highest BCUT2D eigenvalue weighted by atomic mass is 35.5. The second-order valence-corrected chi connectivity index (χ2v) is 6.52. The minimum atomic E-state index is -3.39. The van der Waals surface area contributed by atoms with Crippen molar-refractivity contribution < 1.29 is 8.42 Å². The fourth-order valence-corrected chi connectivity index (χ4v) is 3.52. The monoisotopic (exact) mass is 311 g/mol. The number of rotatable bonds is 3. The first-order chi connectivity index (χ1) is 8.08. The van der Waals surface area contributed by atoms with Gasteiger partial charge in [0.15, 0.2) is 0 Å². The third-order valence-electron chi connectivity index (χ3n) is 2.79. The maximum Gasteiger partial charge on any atom is 0.247 e. The number of nitrogens with zero attached hydrogens (tertiary/aromatic N) is 2. The largest absolute Gasteiger partial charge is 0.317 e. The molecule has 0 unspecified atom stereocenters. The molecule has 1 aromatic heterocycles. The lowest BCUT2D eigenvalue weighted by atomic mass is 10.0. The zero-order chi connectivity index (χ0) is 12.3. The SMILES string of the molecule is Cl.O=S(=O)(CC1CCNCC1)c1ncc(Cl)cn1. The van der Waals surface area contributed by atoms with Crippen molar-refractivity contribution in [1.29, 1.82) is 0 Å². The van der Waals surface area contributed by atoms with Crippen LogP contribution in [0.25, 0.3) is 0 Å². The molecule has 0 amide bonds. The van der Waals surface area contributed by atoms with Gasteiger partial charge in [-0.1, -0.05) is 11.6 Å². The van der Waals surface area contributed by atoms with Gasteiger partial charge < -0.3 is 5.32 Å². The van der Waals surface area contributed by atoms with Crippen molar-refractivity contribution in [1.82, 2.24) is 15.3 Å². The van der Waals surface area contributed by atoms with E-state index in [4.69, 9.17) is 11.6 Å². The summed E-state index contributed by atoms with van der Waals surface area (Å²) in [6.07, 6.45) is 4.38. The Kier molecular flexibility index (Phi) is 5.78. The first-order valence-electron chi connectivity index (χ1n) is 5.49. The molecule has 1 aliphatic heterocycles. The molecule has 2 heterocycles. The van der Waals surface area contributed by atoms with Crippen LogP contribution in [0.4, 0.5) is 0 Å². The Balaban J connectivity index is 0.00000162. The molecule has 0 radical (unpaired) electrons. The molecule has 1 N–H and O–H groups in total. The fraction of sp³-hybridized carbons (Fsp3) is 0.600. The maximum absolute atomic E-state index is 12.0. The highest BCUT2D eigenvalue weighted by molar-refractivity contribution is 7.91. The number of hydrogen-bond donors (Lipinski definition) is 1. The molecule has 8 heteroatoms. The lowest BCUT2D eigenvalue weighted by molar-refractivity contribution is 0.400. The number of aromatic nitrogens is 2. The second kappa shape index (κ2) is 6.65. The van der Waals surface area contributed by atoms with Gasteiger partial charge in [0.25, 0.3) is 0 Å². The zero-order valence-corrected chi connectivity index (χ0v) is 12.1. The molecular formula is C10H15Cl2N3O2S. The van der Waals surface area contributed by atoms with E-state index < -0.39 is 9.84 Å². The minimum absolute atomic E-state index is 0. The molecule has 0 aliphatic carbocycles. The van der Waals surface area contributed by atoms with Crippen molar-refractivity contribution in [2.75, 3.05) is 18.8 Å². The molecule has 1 saturated heterocycles. The summed E-state index contributed by atoms with van der Waals surface area (Å²) in [4.78, 5) is 7.54. The molecule has 18 heavy (non-hydrogen) atoms. The van der Waals surface area contributed by atoms with Crippen molar-refractivity contribution in [3.63, 3.8) is 0 Å². The summed E-state index contributed by atoms with van der Waals surface area (Å²) in [6.45, 7) is 1.75. The third-order valence-corrected chi connectivity index (χ3v) is 4.66. The van der Waals surface area contributed by atoms with Crippen LogP contribution < -0.4 is 5.32 Å². The van der Waals surface area contributed by atoms with Crippen LogP contribution in [-0.2, 0) is 9.84 Å². The number of sulfone groups is 1. The van der Waals surface area contributed by atoms with Gasteiger partial charge in [-0.3, -0.25) is 0 Å². The fourth-order valence-electron chi connectivity index (χ4n) is 1.89. The van der Waals surface area contributed by atoms with Crippen LogP contribution in [0.3, 0.4) is 0 Å². The number of hydrogen-bond acceptors (Lipinski definition) is 5. The van der Waals surface area contributed by atoms with Crippen LogP contribution in [0.2, 0.25) is 5.02 Å². The van der Waals surface area contributed by atoms with Crippen LogP contribution >= 0.6 is 24.0 Å². The summed E-state index contributed by atoms with van der Waals surface area (Å²) < 4.78 is 24.0. The minimum Gasteiger partial charge on any atom is -0.317 e. The van der Waals surface area contributed by atoms with Gasteiger partial charge in [-0.25, -0.2) is 18.4 Å². The van der Waals surface area contributed by atoms with Crippen LogP contribution in [-0.4, -0.2) is 37.2 Å². The zero-order valence-electron chi connectivity index (χ0n) is 9.67. The molecular weight excluding hydrogens is 297 g/mol. The van der Waals surface area contributed by atoms with E-state index in [2.05, 4.69) is 15.3 Å². The molecule has 1 aromatic rings. The van der Waals surface area contributed by atoms with Crippen molar-refractivity contribution in [2.24, 2.45) is 5.92 Å². The topological polar surface area (TPSA) is 72.0 Å². The average molecular weight is 312 g/mol. The van der Waals surface area contributed by atoms with Crippen molar-refractivity contribution in [3.05, 3.63) is 17.4 Å². The summed E-state index contributed by atoms with van der Waals surface area (Å²) in [7, 11) is -3.39. The summed E-state index contributed by atoms with van der Waals surface area (Å²) >= 11 is 5.63. The Bertz CT molecular complexity index is 472. The molecule has 0 spiro atoms. The number of halogens is 2. The third kappa shape index (κ3) is 4.05. The van der Waals surface area contributed by atoms with E-state index in [0.29, 0.717) is 5.02 Å². The predicted octanol–water partition coefficient (Wildman–Crippen LogP) is 1.33. The van der Waals surface area contributed by atoms with Crippen LogP contribution in [0.1, 0.15) is 12.8 Å². The Morgan fingerprint density at radius 2 is 1.83 bits per heavy atom. The van der Waals surface area contributed by atoms with Crippen molar-refractivity contribution in [3.8, 4) is 0 Å². The maximum atomic E-state index is 12.0. The molecule has 0 aromatic carbocycles. The van der Waals surface area contributed by atoms with Gasteiger partial charge in [0.05, 0.1) is 23.2 Å². The average Bonchev–Trinajstić information content (AvgIpc) is 2.30. The van der Waals surface area contributed by atoms with Gasteiger partial charge in [-0.2, -0.15) is 0 Å². The van der Waals surface area contributed by atoms with E-state index in [0.717, 1.165) is 25.9 Å². The smallest absolute Gasteiger partial charge is 0.247 e. The van der Waals surface area contributed by atoms with E-state index >= 15 is 0 Å². The molecule has 0 bridgehead atoms. The summed E-state index contributed by atoms with van der Waals surface area (Å²) in [5, 5.41) is 3.42. The van der Waals surface area contributed by atoms with Gasteiger partial charge in [0, 0.05) is 0 Å². The Hall–Kier alpha value is -0.430. The normalized spacial score (nSPS) is 17.2. The lowest BCUT2D eigenvalue weighted by Gasteiger charge is -2.21. The van der Waals surface area contributed by atoms with Crippen molar-refractivity contribution >= 4 is 33.8 Å². The summed E-state index contributed by atoms with van der Waals surface area (Å²) in [6, 6.07) is 0. The molecule has 1 fully saturated rings. The molecule has 0 atom stereocenters. The molecule has 1 aliphatic rings. The van der Waals surface area contributed by atoms with E-state index in [9.17, 15) is 8.42 Å². The molecule has 2 rings (SSSR count). The van der Waals surface area contributed by atoms with Gasteiger partial charge in [-0.15, -0.1) is 12.4 Å². The predicted molar refractivity (Wildman–Crippen MR) is 71.9 cm³/mol. The van der Waals surface area contributed by atoms with Gasteiger partial charge >= 0.3 is 0 Å². The van der Waals surface area contributed by atoms with Crippen LogP contribution in [0, 0.1) is 5.92 Å². The molecule has 102 valence electrons. The molecule has 5 nitrogen and oxygen atoms in total. The van der Waals surface area contributed by atoms with E-state index in [1.165, 1.54) is 12.4 Å². The van der Waals surface area contributed by atoms with E-state index in [1.807, 2.05) is 0 Å². The van der Waals surface area contributed by atoms with E-state index in [1.54, 1.807) is 0 Å². The first-order valence-corrected chi connectivity index (χ1v) is 7.52. The summed E-state index contributed by atoms with van der Waals surface area (Å²) in [5.41, 5.74) is 0. The Morgan fingerprint density at radius 1 is 1.28 bits per heavy atom. The van der Waals surface area contributed by atoms with E-state index in [-0.39, 0.29) is 29.2 Å². The number of piperidine rings is 1. The van der Waals surface area contributed by atoms with Crippen LogP contribution in [0.5, 0.6) is 0 Å². The highest BCUT2D eigenvalue weighted by Gasteiger charge is 2.24. The van der Waals surface area contributed by atoms with Crippen LogP contribution in [0.15, 0.2) is 17.6 Å². The Morgan fingerprint density at radius 3 is 2.39 bits per heavy atom. The quantitative estimate of drug-likeness (QED) is 0.853. The molecule has 0 saturated carbocycles. The highest BCUT2D eigenvalue weighted by Crippen LogP contribution is 2.18. The summed E-state index contributed by atoms with van der Waals surface area (Å²) in [5.74, 6) is 0.316. The second-order valence-electron chi connectivity index (χ2n) is 4.16. The van der Waals surface area contributed by atoms with Gasteiger partial charge in [0.1, 0.15) is 0 Å². The standard InChI is InChI=1S/C10H14ClN3O2S.ClH/c11-9-5-13-10(14-6-9)17(15,16)7-8-1-3-12-4-2-8;/h5-6,8,12H,1-4,7H2;1H. The van der Waals surface area contributed by atoms with Gasteiger partial charge in [-0.05, 0) is 31.8 Å².